The highest BCUT2D eigenvalue weighted by molar-refractivity contribution is 5.73. The first-order valence-corrected chi connectivity index (χ1v) is 4.69. The number of carbonyl (C=O) groups is 1. The van der Waals surface area contributed by atoms with Gasteiger partial charge in [0.25, 0.3) is 0 Å². The van der Waals surface area contributed by atoms with Gasteiger partial charge < -0.3 is 4.74 Å². The molecular formula is C10H16N2O2. The van der Waals surface area contributed by atoms with Crippen molar-refractivity contribution in [3.8, 4) is 0 Å². The topological polar surface area (TPSA) is 44.1 Å². The summed E-state index contributed by atoms with van der Waals surface area (Å²) < 4.78 is 6.26. The maximum Gasteiger partial charge on any atom is 0.330 e. The number of hydrogen-bond donors (Lipinski definition) is 0. The summed E-state index contributed by atoms with van der Waals surface area (Å²) in [6.07, 6.45) is 1.80. The van der Waals surface area contributed by atoms with Gasteiger partial charge in [-0.15, -0.1) is 0 Å². The molecule has 0 saturated carbocycles. The van der Waals surface area contributed by atoms with Crippen LogP contribution in [0.3, 0.4) is 0 Å². The van der Waals surface area contributed by atoms with Gasteiger partial charge in [-0.25, -0.2) is 4.79 Å². The molecule has 0 aliphatic carbocycles. The lowest BCUT2D eigenvalue weighted by molar-refractivity contribution is -0.144. The number of hydrogen-bond acceptors (Lipinski definition) is 3. The fourth-order valence-electron chi connectivity index (χ4n) is 1.15. The second-order valence-corrected chi connectivity index (χ2v) is 3.57. The minimum atomic E-state index is -0.354. The summed E-state index contributed by atoms with van der Waals surface area (Å²) in [4.78, 5) is 11.2. The average Bonchev–Trinajstić information content (AvgIpc) is 2.64. The van der Waals surface area contributed by atoms with Gasteiger partial charge in [0.1, 0.15) is 6.04 Å². The molecule has 1 heterocycles. The maximum absolute atomic E-state index is 11.2. The Bertz CT molecular complexity index is 318. The van der Waals surface area contributed by atoms with Crippen molar-refractivity contribution < 1.29 is 9.53 Å². The number of aromatic nitrogens is 2. The van der Waals surface area contributed by atoms with Crippen LogP contribution >= 0.6 is 0 Å². The molecule has 4 heteroatoms. The molecule has 1 rings (SSSR count). The van der Waals surface area contributed by atoms with Gasteiger partial charge in [-0.05, 0) is 18.9 Å². The lowest BCUT2D eigenvalue weighted by atomic mass is 10.1. The summed E-state index contributed by atoms with van der Waals surface area (Å²) in [6, 6.07) is 1.57. The molecule has 0 bridgehead atoms. The van der Waals surface area contributed by atoms with Crippen LogP contribution in [0.4, 0.5) is 0 Å². The first kappa shape index (κ1) is 10.8. The molecule has 0 fully saturated rings. The van der Waals surface area contributed by atoms with Gasteiger partial charge in [-0.2, -0.15) is 5.10 Å². The van der Waals surface area contributed by atoms with E-state index in [1.54, 1.807) is 17.8 Å². The van der Waals surface area contributed by atoms with Crippen LogP contribution in [-0.4, -0.2) is 22.9 Å². The van der Waals surface area contributed by atoms with Crippen LogP contribution in [0.25, 0.3) is 0 Å². The lowest BCUT2D eigenvalue weighted by Crippen LogP contribution is -2.18. The second kappa shape index (κ2) is 4.26. The minimum absolute atomic E-state index is 0.275. The molecule has 1 aromatic heterocycles. The Balaban J connectivity index is 2.81. The molecule has 0 aliphatic heterocycles. The van der Waals surface area contributed by atoms with Gasteiger partial charge in [-0.1, -0.05) is 13.8 Å². The quantitative estimate of drug-likeness (QED) is 0.692. The molecular weight excluding hydrogens is 180 g/mol. The van der Waals surface area contributed by atoms with Crippen LogP contribution in [0.2, 0.25) is 0 Å². The largest absolute Gasteiger partial charge is 0.467 e. The highest BCUT2D eigenvalue weighted by Gasteiger charge is 2.16. The lowest BCUT2D eigenvalue weighted by Gasteiger charge is -2.09. The molecule has 1 aromatic rings. The van der Waals surface area contributed by atoms with Crippen molar-refractivity contribution in [1.82, 2.24) is 9.78 Å². The Morgan fingerprint density at radius 1 is 1.50 bits per heavy atom. The Hall–Kier alpha value is -1.32. The molecule has 14 heavy (non-hydrogen) atoms. The highest BCUT2D eigenvalue weighted by Crippen LogP contribution is 2.13. The second-order valence-electron chi connectivity index (χ2n) is 3.57. The van der Waals surface area contributed by atoms with E-state index in [0.29, 0.717) is 5.92 Å². The van der Waals surface area contributed by atoms with E-state index in [4.69, 9.17) is 0 Å². The van der Waals surface area contributed by atoms with Gasteiger partial charge in [0, 0.05) is 6.20 Å². The van der Waals surface area contributed by atoms with Crippen LogP contribution in [0.1, 0.15) is 38.4 Å². The molecule has 78 valence electrons. The third kappa shape index (κ3) is 2.13. The fourth-order valence-corrected chi connectivity index (χ4v) is 1.15. The number of carbonyl (C=O) groups excluding carboxylic acids is 1. The van der Waals surface area contributed by atoms with Crippen molar-refractivity contribution >= 4 is 5.97 Å². The van der Waals surface area contributed by atoms with Crippen LogP contribution in [0.5, 0.6) is 0 Å². The molecule has 0 N–H and O–H groups in total. The molecule has 0 spiro atoms. The predicted octanol–water partition coefficient (Wildman–Crippen LogP) is 1.74. The summed E-state index contributed by atoms with van der Waals surface area (Å²) in [5.41, 5.74) is 0.987. The van der Waals surface area contributed by atoms with Gasteiger partial charge in [0.05, 0.1) is 12.8 Å². The first-order chi connectivity index (χ1) is 6.56. The number of esters is 1. The van der Waals surface area contributed by atoms with E-state index in [0.717, 1.165) is 5.69 Å². The standard InChI is InChI=1S/C10H16N2O2/c1-7(2)9-5-6-12(11-9)8(3)10(13)14-4/h5-8H,1-4H3. The first-order valence-electron chi connectivity index (χ1n) is 4.69. The summed E-state index contributed by atoms with van der Waals surface area (Å²) in [6.45, 7) is 5.90. The molecule has 0 saturated heterocycles. The average molecular weight is 196 g/mol. The predicted molar refractivity (Wildman–Crippen MR) is 53.0 cm³/mol. The Kier molecular flexibility index (Phi) is 3.28. The van der Waals surface area contributed by atoms with Crippen molar-refractivity contribution in [2.75, 3.05) is 7.11 Å². The molecule has 1 atom stereocenters. The molecule has 0 aliphatic rings. The number of rotatable bonds is 3. The maximum atomic E-state index is 11.2. The molecule has 0 radical (unpaired) electrons. The zero-order valence-corrected chi connectivity index (χ0v) is 9.02. The van der Waals surface area contributed by atoms with Gasteiger partial charge in [-0.3, -0.25) is 4.68 Å². The zero-order chi connectivity index (χ0) is 10.7. The monoisotopic (exact) mass is 196 g/mol. The zero-order valence-electron chi connectivity index (χ0n) is 9.02. The summed E-state index contributed by atoms with van der Waals surface area (Å²) in [5, 5.41) is 4.29. The summed E-state index contributed by atoms with van der Waals surface area (Å²) >= 11 is 0. The van der Waals surface area contributed by atoms with Crippen LogP contribution in [0.15, 0.2) is 12.3 Å². The van der Waals surface area contributed by atoms with E-state index < -0.39 is 0 Å². The Morgan fingerprint density at radius 2 is 2.14 bits per heavy atom. The van der Waals surface area contributed by atoms with Crippen molar-refractivity contribution in [3.63, 3.8) is 0 Å². The Labute approximate surface area is 83.9 Å². The fraction of sp³-hybridized carbons (Fsp3) is 0.600. The van der Waals surface area contributed by atoms with Gasteiger partial charge in [0.15, 0.2) is 0 Å². The van der Waals surface area contributed by atoms with Crippen LogP contribution in [0, 0.1) is 0 Å². The highest BCUT2D eigenvalue weighted by atomic mass is 16.5. The van der Waals surface area contributed by atoms with E-state index in [2.05, 4.69) is 23.7 Å². The van der Waals surface area contributed by atoms with Crippen molar-refractivity contribution in [2.24, 2.45) is 0 Å². The normalized spacial score (nSPS) is 12.9. The number of ether oxygens (including phenoxy) is 1. The minimum Gasteiger partial charge on any atom is -0.467 e. The number of methoxy groups -OCH3 is 1. The number of nitrogens with zero attached hydrogens (tertiary/aromatic N) is 2. The summed E-state index contributed by atoms with van der Waals surface area (Å²) in [7, 11) is 1.38. The molecule has 1 unspecified atom stereocenters. The summed E-state index contributed by atoms with van der Waals surface area (Å²) in [5.74, 6) is 0.101. The Morgan fingerprint density at radius 3 is 2.57 bits per heavy atom. The van der Waals surface area contributed by atoms with Crippen molar-refractivity contribution in [3.05, 3.63) is 18.0 Å². The van der Waals surface area contributed by atoms with Gasteiger partial charge in [0.2, 0.25) is 0 Å². The van der Waals surface area contributed by atoms with Crippen molar-refractivity contribution in [2.45, 2.75) is 32.7 Å². The van der Waals surface area contributed by atoms with Crippen LogP contribution < -0.4 is 0 Å². The third-order valence-electron chi connectivity index (χ3n) is 2.16. The van der Waals surface area contributed by atoms with E-state index >= 15 is 0 Å². The SMILES string of the molecule is COC(=O)C(C)n1ccc(C(C)C)n1. The van der Waals surface area contributed by atoms with E-state index in [9.17, 15) is 4.79 Å². The molecule has 0 aromatic carbocycles. The smallest absolute Gasteiger partial charge is 0.330 e. The molecule has 0 amide bonds. The van der Waals surface area contributed by atoms with E-state index in [1.165, 1.54) is 7.11 Å². The van der Waals surface area contributed by atoms with Gasteiger partial charge >= 0.3 is 5.97 Å². The van der Waals surface area contributed by atoms with E-state index in [-0.39, 0.29) is 12.0 Å². The van der Waals surface area contributed by atoms with E-state index in [1.807, 2.05) is 6.07 Å². The molecule has 4 nitrogen and oxygen atoms in total. The van der Waals surface area contributed by atoms with Crippen molar-refractivity contribution in [1.29, 1.82) is 0 Å². The third-order valence-corrected chi connectivity index (χ3v) is 2.16. The van der Waals surface area contributed by atoms with Crippen LogP contribution in [-0.2, 0) is 9.53 Å².